The van der Waals surface area contributed by atoms with Crippen LogP contribution >= 0.6 is 0 Å². The third-order valence-electron chi connectivity index (χ3n) is 4.49. The van der Waals surface area contributed by atoms with Crippen molar-refractivity contribution in [2.75, 3.05) is 4.90 Å². The molecule has 7 heteroatoms. The molecule has 0 spiro atoms. The Hall–Kier alpha value is -2.15. The van der Waals surface area contributed by atoms with E-state index in [0.29, 0.717) is 24.1 Å². The molecule has 2 fully saturated rings. The Balaban J connectivity index is 2.18. The van der Waals surface area contributed by atoms with Crippen LogP contribution in [-0.4, -0.2) is 33.2 Å². The Labute approximate surface area is 121 Å². The summed E-state index contributed by atoms with van der Waals surface area (Å²) in [6.45, 7) is 0. The van der Waals surface area contributed by atoms with E-state index < -0.39 is 10.6 Å². The molecule has 7 nitrogen and oxygen atoms in total. The number of piperidine rings is 1. The smallest absolute Gasteiger partial charge is 0.293 e. The fourth-order valence-electron chi connectivity index (χ4n) is 3.64. The van der Waals surface area contributed by atoms with E-state index in [0.717, 1.165) is 19.3 Å². The lowest BCUT2D eigenvalue weighted by Crippen LogP contribution is -2.51. The van der Waals surface area contributed by atoms with Crippen molar-refractivity contribution in [3.8, 4) is 0 Å². The van der Waals surface area contributed by atoms with E-state index >= 15 is 0 Å². The maximum Gasteiger partial charge on any atom is 0.293 e. The van der Waals surface area contributed by atoms with Crippen molar-refractivity contribution >= 4 is 17.6 Å². The zero-order valence-electron chi connectivity index (χ0n) is 11.5. The fraction of sp³-hybridized carbons (Fsp3) is 0.500. The first-order valence-corrected chi connectivity index (χ1v) is 7.03. The number of hydrogen-bond donors (Lipinski definition) is 2. The molecular weight excluding hydrogens is 274 g/mol. The van der Waals surface area contributed by atoms with E-state index in [4.69, 9.17) is 5.21 Å². The molecule has 2 atom stereocenters. The third-order valence-corrected chi connectivity index (χ3v) is 4.49. The molecule has 1 aromatic rings. The van der Waals surface area contributed by atoms with Crippen LogP contribution in [0.2, 0.25) is 0 Å². The van der Waals surface area contributed by atoms with Crippen LogP contribution in [0.15, 0.2) is 23.4 Å². The van der Waals surface area contributed by atoms with Gasteiger partial charge in [-0.05, 0) is 32.1 Å². The molecule has 0 aromatic heterocycles. The maximum absolute atomic E-state index is 11.3. The van der Waals surface area contributed by atoms with Crippen LogP contribution in [0.3, 0.4) is 0 Å². The zero-order valence-corrected chi connectivity index (χ0v) is 11.5. The molecule has 2 aliphatic heterocycles. The maximum atomic E-state index is 11.3. The van der Waals surface area contributed by atoms with Gasteiger partial charge in [-0.2, -0.15) is 0 Å². The Morgan fingerprint density at radius 3 is 2.90 bits per heavy atom. The minimum atomic E-state index is -1.03. The van der Waals surface area contributed by atoms with Crippen molar-refractivity contribution in [2.24, 2.45) is 5.16 Å². The first-order valence-electron chi connectivity index (χ1n) is 7.03. The second-order valence-corrected chi connectivity index (χ2v) is 5.65. The number of nitro benzene ring substituents is 1. The van der Waals surface area contributed by atoms with Gasteiger partial charge in [0, 0.05) is 17.7 Å². The summed E-state index contributed by atoms with van der Waals surface area (Å²) in [6, 6.07) is 4.71. The number of rotatable bonds is 3. The monoisotopic (exact) mass is 291 g/mol. The summed E-state index contributed by atoms with van der Waals surface area (Å²) in [5.41, 5.74) is -0.309. The molecule has 2 bridgehead atoms. The molecule has 0 radical (unpaired) electrons. The van der Waals surface area contributed by atoms with Crippen LogP contribution in [0.1, 0.15) is 37.7 Å². The Morgan fingerprint density at radius 2 is 2.24 bits per heavy atom. The van der Waals surface area contributed by atoms with E-state index in [-0.39, 0.29) is 11.7 Å². The summed E-state index contributed by atoms with van der Waals surface area (Å²) >= 11 is 0. The van der Waals surface area contributed by atoms with Crippen molar-refractivity contribution in [3.63, 3.8) is 0 Å². The molecule has 2 saturated heterocycles. The summed E-state index contributed by atoms with van der Waals surface area (Å²) in [5, 5.41) is 34.0. The second-order valence-electron chi connectivity index (χ2n) is 5.65. The van der Waals surface area contributed by atoms with Gasteiger partial charge in [0.15, 0.2) is 0 Å². The molecule has 21 heavy (non-hydrogen) atoms. The average Bonchev–Trinajstić information content (AvgIpc) is 2.64. The zero-order chi connectivity index (χ0) is 15.0. The van der Waals surface area contributed by atoms with Crippen LogP contribution in [0.25, 0.3) is 0 Å². The van der Waals surface area contributed by atoms with Gasteiger partial charge in [-0.1, -0.05) is 17.3 Å². The van der Waals surface area contributed by atoms with Crippen molar-refractivity contribution in [1.29, 1.82) is 0 Å². The average molecular weight is 291 g/mol. The van der Waals surface area contributed by atoms with Gasteiger partial charge in [-0.15, -0.1) is 0 Å². The molecular formula is C14H17N3O4. The van der Waals surface area contributed by atoms with Gasteiger partial charge in [-0.3, -0.25) is 10.1 Å². The number of nitrogens with zero attached hydrogens (tertiary/aromatic N) is 3. The molecule has 2 N–H and O–H groups in total. The third kappa shape index (κ3) is 2.13. The number of para-hydroxylation sites is 1. The first-order chi connectivity index (χ1) is 10.1. The molecule has 2 aliphatic rings. The standard InChI is InChI=1S/C14H17N3O4/c18-14-7-2-4-11(6-8-14)16(14)13-10(9-15-19)3-1-5-12(13)17(20)21/h1,3,5,9,11,18-19H,2,4,6-8H2. The topological polar surface area (TPSA) is 99.2 Å². The normalized spacial score (nSPS) is 28.2. The van der Waals surface area contributed by atoms with E-state index in [1.54, 1.807) is 17.0 Å². The molecule has 112 valence electrons. The summed E-state index contributed by atoms with van der Waals surface area (Å²) < 4.78 is 0. The van der Waals surface area contributed by atoms with Gasteiger partial charge in [0.2, 0.25) is 0 Å². The summed E-state index contributed by atoms with van der Waals surface area (Å²) in [6.07, 6.45) is 5.04. The number of hydrogen-bond acceptors (Lipinski definition) is 6. The molecule has 0 amide bonds. The molecule has 0 aliphatic carbocycles. The lowest BCUT2D eigenvalue weighted by Gasteiger charge is -2.43. The van der Waals surface area contributed by atoms with E-state index in [9.17, 15) is 15.2 Å². The Morgan fingerprint density at radius 1 is 1.43 bits per heavy atom. The highest BCUT2D eigenvalue weighted by molar-refractivity contribution is 5.92. The summed E-state index contributed by atoms with van der Waals surface area (Å²) in [7, 11) is 0. The number of anilines is 1. The van der Waals surface area contributed by atoms with Crippen molar-refractivity contribution in [1.82, 2.24) is 0 Å². The van der Waals surface area contributed by atoms with Crippen LogP contribution in [-0.2, 0) is 0 Å². The quantitative estimate of drug-likeness (QED) is 0.385. The fourth-order valence-corrected chi connectivity index (χ4v) is 3.64. The predicted molar refractivity (Wildman–Crippen MR) is 76.8 cm³/mol. The molecule has 0 saturated carbocycles. The van der Waals surface area contributed by atoms with Crippen LogP contribution in [0, 0.1) is 10.1 Å². The van der Waals surface area contributed by atoms with E-state index in [1.807, 2.05) is 0 Å². The van der Waals surface area contributed by atoms with Crippen LogP contribution in [0.4, 0.5) is 11.4 Å². The molecule has 1 aromatic carbocycles. The first kappa shape index (κ1) is 13.8. The number of oxime groups is 1. The predicted octanol–water partition coefficient (Wildman–Crippen LogP) is 2.24. The second kappa shape index (κ2) is 5.00. The van der Waals surface area contributed by atoms with Crippen molar-refractivity contribution < 1.29 is 15.2 Å². The van der Waals surface area contributed by atoms with Crippen molar-refractivity contribution in [3.05, 3.63) is 33.9 Å². The van der Waals surface area contributed by atoms with Gasteiger partial charge >= 0.3 is 0 Å². The molecule has 2 heterocycles. The Kier molecular flexibility index (Phi) is 3.29. The molecule has 3 rings (SSSR count). The lowest BCUT2D eigenvalue weighted by molar-refractivity contribution is -0.384. The van der Waals surface area contributed by atoms with Crippen molar-refractivity contribution in [2.45, 2.75) is 43.9 Å². The van der Waals surface area contributed by atoms with Crippen LogP contribution in [0.5, 0.6) is 0 Å². The van der Waals surface area contributed by atoms with Gasteiger partial charge in [-0.25, -0.2) is 0 Å². The highest BCUT2D eigenvalue weighted by Crippen LogP contribution is 2.48. The van der Waals surface area contributed by atoms with E-state index in [2.05, 4.69) is 5.16 Å². The lowest BCUT2D eigenvalue weighted by atomic mass is 9.97. The number of nitro groups is 1. The van der Waals surface area contributed by atoms with E-state index in [1.165, 1.54) is 12.3 Å². The number of aliphatic hydroxyl groups is 1. The van der Waals surface area contributed by atoms with Gasteiger partial charge < -0.3 is 15.2 Å². The minimum Gasteiger partial charge on any atom is -0.411 e. The van der Waals surface area contributed by atoms with Gasteiger partial charge in [0.25, 0.3) is 5.69 Å². The minimum absolute atomic E-state index is 0.0698. The van der Waals surface area contributed by atoms with Gasteiger partial charge in [0.1, 0.15) is 11.4 Å². The molecule has 2 unspecified atom stereocenters. The Bertz CT molecular complexity index is 600. The number of fused-ring (bicyclic) bond motifs is 2. The SMILES string of the molecule is O=[N+]([O-])c1cccc(C=NO)c1N1C2CCCC1(O)CC2. The highest BCUT2D eigenvalue weighted by atomic mass is 16.6. The highest BCUT2D eigenvalue weighted by Gasteiger charge is 2.49. The number of benzene rings is 1. The summed E-state index contributed by atoms with van der Waals surface area (Å²) in [4.78, 5) is 12.7. The van der Waals surface area contributed by atoms with Gasteiger partial charge in [0.05, 0.1) is 11.1 Å². The van der Waals surface area contributed by atoms with Crippen LogP contribution < -0.4 is 4.90 Å². The largest absolute Gasteiger partial charge is 0.411 e. The summed E-state index contributed by atoms with van der Waals surface area (Å²) in [5.74, 6) is 0.